The van der Waals surface area contributed by atoms with Gasteiger partial charge in [-0.05, 0) is 17.5 Å². The Morgan fingerprint density at radius 1 is 1.38 bits per heavy atom. The Hall–Kier alpha value is -1.04. The minimum Gasteiger partial charge on any atom is -0.0764 e. The summed E-state index contributed by atoms with van der Waals surface area (Å²) in [6, 6.07) is 9.18. The fourth-order valence-corrected chi connectivity index (χ4v) is 1.89. The van der Waals surface area contributed by atoms with Crippen molar-refractivity contribution in [3.8, 4) is 0 Å². The molecule has 0 bridgehead atoms. The van der Waals surface area contributed by atoms with Crippen molar-refractivity contribution in [1.29, 1.82) is 0 Å². The van der Waals surface area contributed by atoms with Gasteiger partial charge in [-0.3, -0.25) is 0 Å². The van der Waals surface area contributed by atoms with Crippen molar-refractivity contribution in [2.24, 2.45) is 0 Å². The summed E-state index contributed by atoms with van der Waals surface area (Å²) >= 11 is 0. The smallest absolute Gasteiger partial charge is 0.0583 e. The molecule has 0 spiro atoms. The summed E-state index contributed by atoms with van der Waals surface area (Å²) in [7, 11) is 0. The van der Waals surface area contributed by atoms with Crippen LogP contribution < -0.4 is 0 Å². The van der Waals surface area contributed by atoms with Crippen molar-refractivity contribution >= 4 is 6.08 Å². The van der Waals surface area contributed by atoms with E-state index in [2.05, 4.69) is 25.1 Å². The molecule has 13 heavy (non-hydrogen) atoms. The quantitative estimate of drug-likeness (QED) is 0.648. The molecule has 1 aliphatic rings. The van der Waals surface area contributed by atoms with Gasteiger partial charge >= 0.3 is 0 Å². The molecule has 0 heteroatoms. The molecule has 0 radical (unpaired) electrons. The second kappa shape index (κ2) is 3.78. The van der Waals surface area contributed by atoms with E-state index in [0.717, 1.165) is 12.5 Å². The van der Waals surface area contributed by atoms with Gasteiger partial charge in [-0.25, -0.2) is 0 Å². The largest absolute Gasteiger partial charge is 0.0764 e. The minimum absolute atomic E-state index is 0.367. The number of hydrogen-bond acceptors (Lipinski definition) is 0. The van der Waals surface area contributed by atoms with Crippen LogP contribution in [0.1, 0.15) is 44.6 Å². The lowest BCUT2D eigenvalue weighted by atomic mass is 9.96. The lowest BCUT2D eigenvalue weighted by molar-refractivity contribution is 0.669. The molecule has 0 nitrogen and oxygen atoms in total. The monoisotopic (exact) mass is 173 g/mol. The molecule has 1 aliphatic carbocycles. The molecule has 0 aliphatic heterocycles. The second-order valence-corrected chi connectivity index (χ2v) is 3.63. The summed E-state index contributed by atoms with van der Waals surface area (Å²) < 4.78 is 7.91. The molecule has 0 amide bonds. The third-order valence-electron chi connectivity index (χ3n) is 2.66. The van der Waals surface area contributed by atoms with Crippen LogP contribution in [0.4, 0.5) is 0 Å². The SMILES string of the molecule is [2H]C1=Cc2ccccc2C1CCCC. The molecule has 1 unspecified atom stereocenters. The van der Waals surface area contributed by atoms with Crippen LogP contribution in [0.3, 0.4) is 0 Å². The molecule has 1 aromatic carbocycles. The van der Waals surface area contributed by atoms with Crippen molar-refractivity contribution in [2.75, 3.05) is 0 Å². The summed E-state index contributed by atoms with van der Waals surface area (Å²) in [6.45, 7) is 2.20. The summed E-state index contributed by atoms with van der Waals surface area (Å²) in [6.07, 6.45) is 5.57. The normalized spacial score (nSPS) is 20.8. The zero-order valence-corrected chi connectivity index (χ0v) is 8.09. The van der Waals surface area contributed by atoms with E-state index >= 15 is 0 Å². The molecule has 0 saturated heterocycles. The van der Waals surface area contributed by atoms with E-state index in [0.29, 0.717) is 5.92 Å². The zero-order chi connectivity index (χ0) is 9.97. The van der Waals surface area contributed by atoms with Gasteiger partial charge in [0, 0.05) is 5.92 Å². The Labute approximate surface area is 81.7 Å². The highest BCUT2D eigenvalue weighted by molar-refractivity contribution is 5.62. The third-order valence-corrected chi connectivity index (χ3v) is 2.66. The van der Waals surface area contributed by atoms with Crippen molar-refractivity contribution in [2.45, 2.75) is 32.1 Å². The average Bonchev–Trinajstić information content (AvgIpc) is 2.51. The number of fused-ring (bicyclic) bond motifs is 1. The zero-order valence-electron chi connectivity index (χ0n) is 9.09. The number of allylic oxidation sites excluding steroid dienone is 1. The molecule has 1 atom stereocenters. The maximum absolute atomic E-state index is 7.91. The highest BCUT2D eigenvalue weighted by Crippen LogP contribution is 2.33. The van der Waals surface area contributed by atoms with E-state index in [4.69, 9.17) is 1.37 Å². The van der Waals surface area contributed by atoms with E-state index in [-0.39, 0.29) is 0 Å². The van der Waals surface area contributed by atoms with Gasteiger partial charge in [-0.15, -0.1) is 0 Å². The van der Waals surface area contributed by atoms with E-state index in [9.17, 15) is 0 Å². The van der Waals surface area contributed by atoms with Crippen LogP contribution >= 0.6 is 0 Å². The summed E-state index contributed by atoms with van der Waals surface area (Å²) in [5, 5.41) is 0. The lowest BCUT2D eigenvalue weighted by Crippen LogP contribution is -1.92. The van der Waals surface area contributed by atoms with Crippen LogP contribution in [0.5, 0.6) is 0 Å². The molecular formula is C13H16. The van der Waals surface area contributed by atoms with Crippen LogP contribution in [-0.4, -0.2) is 0 Å². The number of rotatable bonds is 3. The van der Waals surface area contributed by atoms with Crippen LogP contribution in [0, 0.1) is 0 Å². The standard InChI is InChI=1S/C13H16/c1-2-3-6-11-9-10-12-7-4-5-8-13(11)12/h4-5,7-11H,2-3,6H2,1H3/i9D. The first-order chi connectivity index (χ1) is 6.83. The fraction of sp³-hybridized carbons (Fsp3) is 0.385. The van der Waals surface area contributed by atoms with Gasteiger partial charge in [0.25, 0.3) is 0 Å². The Morgan fingerprint density at radius 2 is 2.23 bits per heavy atom. The Balaban J connectivity index is 2.23. The highest BCUT2D eigenvalue weighted by Gasteiger charge is 2.14. The molecule has 2 rings (SSSR count). The third kappa shape index (κ3) is 1.67. The van der Waals surface area contributed by atoms with Gasteiger partial charge in [0.2, 0.25) is 0 Å². The first kappa shape index (κ1) is 7.37. The van der Waals surface area contributed by atoms with E-state index < -0.39 is 0 Å². The van der Waals surface area contributed by atoms with Crippen molar-refractivity contribution < 1.29 is 1.37 Å². The Morgan fingerprint density at radius 3 is 3.08 bits per heavy atom. The van der Waals surface area contributed by atoms with Crippen LogP contribution in [0.15, 0.2) is 30.3 Å². The predicted molar refractivity (Wildman–Crippen MR) is 57.7 cm³/mol. The van der Waals surface area contributed by atoms with E-state index in [1.165, 1.54) is 24.0 Å². The number of hydrogen-bond donors (Lipinski definition) is 0. The number of unbranched alkanes of at least 4 members (excludes halogenated alkanes) is 1. The average molecular weight is 173 g/mol. The van der Waals surface area contributed by atoms with Crippen molar-refractivity contribution in [3.05, 3.63) is 41.4 Å². The van der Waals surface area contributed by atoms with Gasteiger partial charge in [-0.1, -0.05) is 56.2 Å². The molecule has 0 N–H and O–H groups in total. The van der Waals surface area contributed by atoms with Crippen LogP contribution in [0.25, 0.3) is 6.08 Å². The molecule has 0 fully saturated rings. The Kier molecular flexibility index (Phi) is 2.14. The topological polar surface area (TPSA) is 0 Å². The maximum atomic E-state index is 7.91. The van der Waals surface area contributed by atoms with Gasteiger partial charge in [0.1, 0.15) is 0 Å². The van der Waals surface area contributed by atoms with E-state index in [1.807, 2.05) is 12.1 Å². The summed E-state index contributed by atoms with van der Waals surface area (Å²) in [5.41, 5.74) is 2.60. The summed E-state index contributed by atoms with van der Waals surface area (Å²) in [4.78, 5) is 0. The van der Waals surface area contributed by atoms with Crippen LogP contribution in [0.2, 0.25) is 0 Å². The minimum atomic E-state index is 0.367. The van der Waals surface area contributed by atoms with Gasteiger partial charge < -0.3 is 0 Å². The second-order valence-electron chi connectivity index (χ2n) is 3.63. The molecule has 0 aromatic heterocycles. The Bertz CT molecular complexity index is 352. The van der Waals surface area contributed by atoms with Crippen molar-refractivity contribution in [1.82, 2.24) is 0 Å². The molecule has 68 valence electrons. The summed E-state index contributed by atoms with van der Waals surface area (Å²) in [5.74, 6) is 0.367. The molecular weight excluding hydrogens is 156 g/mol. The molecule has 0 saturated carbocycles. The fourth-order valence-electron chi connectivity index (χ4n) is 1.89. The molecule has 0 heterocycles. The van der Waals surface area contributed by atoms with Gasteiger partial charge in [0.15, 0.2) is 0 Å². The first-order valence-electron chi connectivity index (χ1n) is 5.60. The highest BCUT2D eigenvalue weighted by atomic mass is 14.2. The predicted octanol–water partition coefficient (Wildman–Crippen LogP) is 3.99. The van der Waals surface area contributed by atoms with Gasteiger partial charge in [-0.2, -0.15) is 0 Å². The van der Waals surface area contributed by atoms with Crippen molar-refractivity contribution in [3.63, 3.8) is 0 Å². The first-order valence-corrected chi connectivity index (χ1v) is 5.10. The lowest BCUT2D eigenvalue weighted by Gasteiger charge is -2.09. The van der Waals surface area contributed by atoms with E-state index in [1.54, 1.807) is 0 Å². The van der Waals surface area contributed by atoms with Gasteiger partial charge in [0.05, 0.1) is 1.37 Å². The number of benzene rings is 1. The van der Waals surface area contributed by atoms with Crippen LogP contribution in [-0.2, 0) is 0 Å². The maximum Gasteiger partial charge on any atom is 0.0583 e. The molecule has 1 aromatic rings.